The fourth-order valence-electron chi connectivity index (χ4n) is 2.74. The van der Waals surface area contributed by atoms with E-state index < -0.39 is 0 Å². The number of aromatic nitrogens is 3. The Morgan fingerprint density at radius 2 is 2.00 bits per heavy atom. The van der Waals surface area contributed by atoms with Gasteiger partial charge in [0.05, 0.1) is 23.1 Å². The van der Waals surface area contributed by atoms with Gasteiger partial charge in [-0.3, -0.25) is 4.79 Å². The molecule has 0 aliphatic carbocycles. The van der Waals surface area contributed by atoms with Crippen LogP contribution in [-0.2, 0) is 11.8 Å². The van der Waals surface area contributed by atoms with Crippen molar-refractivity contribution in [3.63, 3.8) is 0 Å². The smallest absolute Gasteiger partial charge is 0.233 e. The van der Waals surface area contributed by atoms with Gasteiger partial charge in [0.15, 0.2) is 11.0 Å². The summed E-state index contributed by atoms with van der Waals surface area (Å²) in [5.74, 6) is 1.35. The molecule has 0 aliphatic heterocycles. The minimum Gasteiger partial charge on any atom is -0.469 e. The van der Waals surface area contributed by atoms with Crippen molar-refractivity contribution < 1.29 is 9.21 Å². The first kappa shape index (κ1) is 20.8. The number of amides is 1. The van der Waals surface area contributed by atoms with Gasteiger partial charge < -0.3 is 14.3 Å². The number of hydrogen-bond donors (Lipinski definition) is 1. The zero-order valence-electron chi connectivity index (χ0n) is 15.9. The second-order valence-corrected chi connectivity index (χ2v) is 8.56. The molecule has 0 radical (unpaired) electrons. The Morgan fingerprint density at radius 3 is 2.64 bits per heavy atom. The molecule has 0 spiro atoms. The van der Waals surface area contributed by atoms with Crippen LogP contribution in [0, 0.1) is 6.92 Å². The highest BCUT2D eigenvalue weighted by Crippen LogP contribution is 2.29. The van der Waals surface area contributed by atoms with E-state index in [2.05, 4.69) is 15.5 Å². The molecule has 0 bridgehead atoms. The molecule has 2 atom stereocenters. The quantitative estimate of drug-likeness (QED) is 0.545. The van der Waals surface area contributed by atoms with Crippen LogP contribution in [0.3, 0.4) is 0 Å². The number of nitrogens with one attached hydrogen (secondary N) is 1. The lowest BCUT2D eigenvalue weighted by Crippen LogP contribution is -2.33. The predicted molar refractivity (Wildman–Crippen MR) is 112 cm³/mol. The van der Waals surface area contributed by atoms with Crippen molar-refractivity contribution in [2.45, 2.75) is 37.2 Å². The molecular weight excluding hydrogens is 419 g/mol. The SMILES string of the molecule is Cc1occc1-c1nnc(SC(C)C(=O)NC(C)c2ccc(Cl)cc2Cl)n1C. The summed E-state index contributed by atoms with van der Waals surface area (Å²) in [7, 11) is 1.87. The molecule has 0 saturated carbocycles. The summed E-state index contributed by atoms with van der Waals surface area (Å²) in [6.07, 6.45) is 1.62. The fraction of sp³-hybridized carbons (Fsp3) is 0.316. The van der Waals surface area contributed by atoms with E-state index in [1.54, 1.807) is 18.4 Å². The molecule has 3 aromatic rings. The molecule has 0 fully saturated rings. The number of nitrogens with zero attached hydrogens (tertiary/aromatic N) is 3. The van der Waals surface area contributed by atoms with Gasteiger partial charge in [-0.25, -0.2) is 0 Å². The summed E-state index contributed by atoms with van der Waals surface area (Å²) in [6, 6.07) is 6.83. The maximum Gasteiger partial charge on any atom is 0.233 e. The summed E-state index contributed by atoms with van der Waals surface area (Å²) in [6.45, 7) is 5.58. The third-order valence-corrected chi connectivity index (χ3v) is 6.07. The van der Waals surface area contributed by atoms with Crippen molar-refractivity contribution in [3.05, 3.63) is 51.9 Å². The van der Waals surface area contributed by atoms with Gasteiger partial charge in [-0.05, 0) is 44.5 Å². The maximum absolute atomic E-state index is 12.6. The minimum absolute atomic E-state index is 0.118. The van der Waals surface area contributed by atoms with E-state index in [1.165, 1.54) is 11.8 Å². The van der Waals surface area contributed by atoms with Gasteiger partial charge in [0, 0.05) is 17.1 Å². The fourth-order valence-corrected chi connectivity index (χ4v) is 4.14. The van der Waals surface area contributed by atoms with Crippen LogP contribution in [0.4, 0.5) is 0 Å². The lowest BCUT2D eigenvalue weighted by atomic mass is 10.1. The molecular formula is C19H20Cl2N4O2S. The summed E-state index contributed by atoms with van der Waals surface area (Å²) in [5.41, 5.74) is 1.69. The number of carbonyl (C=O) groups excluding carboxylic acids is 1. The van der Waals surface area contributed by atoms with E-state index in [1.807, 2.05) is 44.5 Å². The normalized spacial score (nSPS) is 13.4. The Labute approximate surface area is 177 Å². The number of furan rings is 1. The van der Waals surface area contributed by atoms with Gasteiger partial charge >= 0.3 is 0 Å². The zero-order valence-corrected chi connectivity index (χ0v) is 18.2. The average Bonchev–Trinajstić information content (AvgIpc) is 3.20. The number of aryl methyl sites for hydroxylation is 1. The molecule has 2 heterocycles. The lowest BCUT2D eigenvalue weighted by Gasteiger charge is -2.18. The van der Waals surface area contributed by atoms with E-state index in [4.69, 9.17) is 27.6 Å². The van der Waals surface area contributed by atoms with E-state index in [-0.39, 0.29) is 17.2 Å². The number of carbonyl (C=O) groups is 1. The predicted octanol–water partition coefficient (Wildman–Crippen LogP) is 5.05. The van der Waals surface area contributed by atoms with Gasteiger partial charge in [-0.15, -0.1) is 10.2 Å². The lowest BCUT2D eigenvalue weighted by molar-refractivity contribution is -0.120. The Kier molecular flexibility index (Phi) is 6.37. The summed E-state index contributed by atoms with van der Waals surface area (Å²) in [4.78, 5) is 12.6. The molecule has 2 unspecified atom stereocenters. The molecule has 3 rings (SSSR count). The van der Waals surface area contributed by atoms with Crippen molar-refractivity contribution in [3.8, 4) is 11.4 Å². The molecule has 6 nitrogen and oxygen atoms in total. The average molecular weight is 439 g/mol. The molecule has 9 heteroatoms. The molecule has 0 saturated heterocycles. The zero-order chi connectivity index (χ0) is 20.4. The van der Waals surface area contributed by atoms with Crippen molar-refractivity contribution in [2.24, 2.45) is 7.05 Å². The second kappa shape index (κ2) is 8.59. The number of hydrogen-bond acceptors (Lipinski definition) is 5. The Morgan fingerprint density at radius 1 is 1.25 bits per heavy atom. The van der Waals surface area contributed by atoms with Crippen LogP contribution in [-0.4, -0.2) is 25.9 Å². The van der Waals surface area contributed by atoms with Crippen molar-refractivity contribution >= 4 is 40.9 Å². The first-order chi connectivity index (χ1) is 13.3. The highest BCUT2D eigenvalue weighted by atomic mass is 35.5. The van der Waals surface area contributed by atoms with E-state index in [9.17, 15) is 4.79 Å². The van der Waals surface area contributed by atoms with Crippen LogP contribution in [0.2, 0.25) is 10.0 Å². The maximum atomic E-state index is 12.6. The van der Waals surface area contributed by atoms with Crippen molar-refractivity contribution in [1.82, 2.24) is 20.1 Å². The van der Waals surface area contributed by atoms with Gasteiger partial charge in [-0.2, -0.15) is 0 Å². The van der Waals surface area contributed by atoms with Gasteiger partial charge in [-0.1, -0.05) is 41.0 Å². The second-order valence-electron chi connectivity index (χ2n) is 6.41. The third-order valence-electron chi connectivity index (χ3n) is 4.37. The number of thioether (sulfide) groups is 1. The van der Waals surface area contributed by atoms with Crippen molar-refractivity contribution in [2.75, 3.05) is 0 Å². The van der Waals surface area contributed by atoms with Crippen LogP contribution < -0.4 is 5.32 Å². The molecule has 148 valence electrons. The topological polar surface area (TPSA) is 72.9 Å². The number of benzene rings is 1. The summed E-state index contributed by atoms with van der Waals surface area (Å²) >= 11 is 13.5. The molecule has 1 N–H and O–H groups in total. The summed E-state index contributed by atoms with van der Waals surface area (Å²) in [5, 5.41) is 12.8. The van der Waals surface area contributed by atoms with Crippen LogP contribution >= 0.6 is 35.0 Å². The van der Waals surface area contributed by atoms with Gasteiger partial charge in [0.1, 0.15) is 5.76 Å². The van der Waals surface area contributed by atoms with E-state index in [0.29, 0.717) is 21.0 Å². The Bertz CT molecular complexity index is 1000. The molecule has 1 aromatic carbocycles. The Hall–Kier alpha value is -1.96. The first-order valence-corrected chi connectivity index (χ1v) is 10.3. The largest absolute Gasteiger partial charge is 0.469 e. The van der Waals surface area contributed by atoms with Crippen LogP contribution in [0.5, 0.6) is 0 Å². The number of halogens is 2. The highest BCUT2D eigenvalue weighted by Gasteiger charge is 2.22. The number of rotatable bonds is 6. The monoisotopic (exact) mass is 438 g/mol. The van der Waals surface area contributed by atoms with E-state index in [0.717, 1.165) is 16.9 Å². The standard InChI is InChI=1S/C19H20Cl2N4O2S/c1-10(14-6-5-13(20)9-16(14)21)22-18(26)12(3)28-19-24-23-17(25(19)4)15-7-8-27-11(15)2/h5-10,12H,1-4H3,(H,22,26). The first-order valence-electron chi connectivity index (χ1n) is 8.63. The van der Waals surface area contributed by atoms with Crippen molar-refractivity contribution in [1.29, 1.82) is 0 Å². The van der Waals surface area contributed by atoms with Crippen LogP contribution in [0.15, 0.2) is 40.1 Å². The van der Waals surface area contributed by atoms with Gasteiger partial charge in [0.25, 0.3) is 0 Å². The molecule has 28 heavy (non-hydrogen) atoms. The molecule has 1 amide bonds. The minimum atomic E-state index is -0.366. The van der Waals surface area contributed by atoms with Crippen LogP contribution in [0.1, 0.15) is 31.2 Å². The highest BCUT2D eigenvalue weighted by molar-refractivity contribution is 8.00. The molecule has 0 aliphatic rings. The van der Waals surface area contributed by atoms with Gasteiger partial charge in [0.2, 0.25) is 5.91 Å². The van der Waals surface area contributed by atoms with Crippen LogP contribution in [0.25, 0.3) is 11.4 Å². The summed E-state index contributed by atoms with van der Waals surface area (Å²) < 4.78 is 7.19. The third kappa shape index (κ3) is 4.37. The van der Waals surface area contributed by atoms with E-state index >= 15 is 0 Å². The Balaban J connectivity index is 1.68. The molecule has 2 aromatic heterocycles.